The summed E-state index contributed by atoms with van der Waals surface area (Å²) in [4.78, 5) is 16.9. The van der Waals surface area contributed by atoms with Crippen molar-refractivity contribution in [3.05, 3.63) is 75.2 Å². The van der Waals surface area contributed by atoms with Crippen LogP contribution in [-0.4, -0.2) is 34.5 Å². The lowest BCUT2D eigenvalue weighted by atomic mass is 9.95. The molecular weight excluding hydrogens is 467 g/mol. The van der Waals surface area contributed by atoms with E-state index in [1.165, 1.54) is 13.4 Å². The van der Waals surface area contributed by atoms with E-state index in [-0.39, 0.29) is 6.61 Å². The number of aromatic nitrogens is 3. The second-order valence-electron chi connectivity index (χ2n) is 7.25. The second kappa shape index (κ2) is 9.72. The standard InChI is InChI=1S/C23H22Cl2N4O4/c1-4-32-19-9-14(6-8-18(19)33-11-15-5-7-16(24)10-17(15)25)21-20(22(30)31-3)13(2)28-23-26-12-27-29(21)23/h5-10,12,21H,4,11H2,1-3H3,(H,26,27,28). The zero-order chi connectivity index (χ0) is 23.5. The van der Waals surface area contributed by atoms with Crippen LogP contribution in [0.1, 0.15) is 31.0 Å². The first kappa shape index (κ1) is 22.9. The summed E-state index contributed by atoms with van der Waals surface area (Å²) in [6, 6.07) is 10.2. The van der Waals surface area contributed by atoms with Gasteiger partial charge in [0, 0.05) is 21.3 Å². The monoisotopic (exact) mass is 488 g/mol. The molecule has 0 fully saturated rings. The smallest absolute Gasteiger partial charge is 0.338 e. The number of carbonyl (C=O) groups excluding carboxylic acids is 1. The third-order valence-corrected chi connectivity index (χ3v) is 5.77. The van der Waals surface area contributed by atoms with Gasteiger partial charge in [0.05, 0.1) is 19.3 Å². The molecule has 0 bridgehead atoms. The van der Waals surface area contributed by atoms with E-state index >= 15 is 0 Å². The van der Waals surface area contributed by atoms with Crippen LogP contribution in [0, 0.1) is 0 Å². The highest BCUT2D eigenvalue weighted by molar-refractivity contribution is 6.35. The van der Waals surface area contributed by atoms with E-state index in [2.05, 4.69) is 15.4 Å². The normalized spacial score (nSPS) is 15.0. The number of allylic oxidation sites excluding steroid dienone is 1. The summed E-state index contributed by atoms with van der Waals surface area (Å²) in [7, 11) is 1.35. The number of hydrogen-bond acceptors (Lipinski definition) is 7. The Labute approximate surface area is 201 Å². The molecule has 1 aliphatic heterocycles. The van der Waals surface area contributed by atoms with Gasteiger partial charge in [-0.3, -0.25) is 0 Å². The van der Waals surface area contributed by atoms with Crippen LogP contribution in [0.25, 0.3) is 0 Å². The molecule has 3 aromatic rings. The number of methoxy groups -OCH3 is 1. The van der Waals surface area contributed by atoms with E-state index in [1.807, 2.05) is 25.1 Å². The predicted octanol–water partition coefficient (Wildman–Crippen LogP) is 5.02. The van der Waals surface area contributed by atoms with Gasteiger partial charge in [-0.15, -0.1) is 0 Å². The third kappa shape index (κ3) is 4.62. The fourth-order valence-corrected chi connectivity index (χ4v) is 4.11. The number of benzene rings is 2. The molecule has 0 radical (unpaired) electrons. The molecule has 0 spiro atoms. The van der Waals surface area contributed by atoms with Crippen LogP contribution >= 0.6 is 23.2 Å². The lowest BCUT2D eigenvalue weighted by molar-refractivity contribution is -0.136. The van der Waals surface area contributed by atoms with Crippen molar-refractivity contribution in [1.29, 1.82) is 0 Å². The van der Waals surface area contributed by atoms with Gasteiger partial charge in [-0.2, -0.15) is 10.1 Å². The molecule has 10 heteroatoms. The molecule has 2 aromatic carbocycles. The fraction of sp³-hybridized carbons (Fsp3) is 0.261. The van der Waals surface area contributed by atoms with Gasteiger partial charge in [0.1, 0.15) is 19.0 Å². The van der Waals surface area contributed by atoms with E-state index in [0.29, 0.717) is 45.4 Å². The average molecular weight is 489 g/mol. The molecule has 33 heavy (non-hydrogen) atoms. The van der Waals surface area contributed by atoms with Crippen molar-refractivity contribution in [2.75, 3.05) is 19.0 Å². The molecule has 4 rings (SSSR count). The maximum absolute atomic E-state index is 12.6. The number of halogens is 2. The Morgan fingerprint density at radius 3 is 2.70 bits per heavy atom. The van der Waals surface area contributed by atoms with Crippen molar-refractivity contribution in [2.45, 2.75) is 26.5 Å². The van der Waals surface area contributed by atoms with Crippen LogP contribution in [0.3, 0.4) is 0 Å². The van der Waals surface area contributed by atoms with Crippen LogP contribution < -0.4 is 14.8 Å². The van der Waals surface area contributed by atoms with E-state index in [0.717, 1.165) is 11.1 Å². The molecular formula is C23H22Cl2N4O4. The first-order chi connectivity index (χ1) is 15.9. The number of ether oxygens (including phenoxy) is 3. The summed E-state index contributed by atoms with van der Waals surface area (Å²) < 4.78 is 18.5. The maximum Gasteiger partial charge on any atom is 0.338 e. The first-order valence-corrected chi connectivity index (χ1v) is 11.0. The van der Waals surface area contributed by atoms with Crippen molar-refractivity contribution in [2.24, 2.45) is 0 Å². The lowest BCUT2D eigenvalue weighted by Crippen LogP contribution is -2.29. The first-order valence-electron chi connectivity index (χ1n) is 10.2. The molecule has 1 aliphatic rings. The van der Waals surface area contributed by atoms with Crippen molar-refractivity contribution < 1.29 is 19.0 Å². The molecule has 172 valence electrons. The number of rotatable bonds is 7. The number of nitrogens with one attached hydrogen (secondary N) is 1. The predicted molar refractivity (Wildman–Crippen MR) is 125 cm³/mol. The van der Waals surface area contributed by atoms with Gasteiger partial charge in [-0.05, 0) is 43.7 Å². The minimum Gasteiger partial charge on any atom is -0.490 e. The van der Waals surface area contributed by atoms with Gasteiger partial charge in [-0.1, -0.05) is 35.3 Å². The molecule has 1 aromatic heterocycles. The Morgan fingerprint density at radius 1 is 1.15 bits per heavy atom. The second-order valence-corrected chi connectivity index (χ2v) is 8.09. The number of esters is 1. The third-order valence-electron chi connectivity index (χ3n) is 5.18. The van der Waals surface area contributed by atoms with Gasteiger partial charge in [0.2, 0.25) is 5.95 Å². The molecule has 1 N–H and O–H groups in total. The largest absolute Gasteiger partial charge is 0.490 e. The highest BCUT2D eigenvalue weighted by Crippen LogP contribution is 2.39. The Bertz CT molecular complexity index is 1220. The van der Waals surface area contributed by atoms with Crippen LogP contribution in [0.5, 0.6) is 11.5 Å². The number of fused-ring (bicyclic) bond motifs is 1. The summed E-state index contributed by atoms with van der Waals surface area (Å²) in [5.41, 5.74) is 2.63. The van der Waals surface area contributed by atoms with Crippen molar-refractivity contribution in [3.63, 3.8) is 0 Å². The van der Waals surface area contributed by atoms with Gasteiger partial charge in [0.25, 0.3) is 0 Å². The molecule has 1 unspecified atom stereocenters. The Kier molecular flexibility index (Phi) is 6.76. The van der Waals surface area contributed by atoms with Gasteiger partial charge in [-0.25, -0.2) is 9.48 Å². The summed E-state index contributed by atoms with van der Waals surface area (Å²) in [6.45, 7) is 4.36. The number of anilines is 1. The highest BCUT2D eigenvalue weighted by Gasteiger charge is 2.34. The maximum atomic E-state index is 12.6. The van der Waals surface area contributed by atoms with Gasteiger partial charge in [0.15, 0.2) is 11.5 Å². The molecule has 1 atom stereocenters. The SMILES string of the molecule is CCOc1cc(C2C(C(=O)OC)=C(C)Nc3ncnn32)ccc1OCc1ccc(Cl)cc1Cl. The van der Waals surface area contributed by atoms with Crippen LogP contribution in [0.4, 0.5) is 5.95 Å². The minimum absolute atomic E-state index is 0.239. The average Bonchev–Trinajstić information content (AvgIpc) is 3.26. The van der Waals surface area contributed by atoms with E-state index in [9.17, 15) is 4.79 Å². The lowest BCUT2D eigenvalue weighted by Gasteiger charge is -2.28. The molecule has 8 nitrogen and oxygen atoms in total. The summed E-state index contributed by atoms with van der Waals surface area (Å²) in [6.07, 6.45) is 1.43. The minimum atomic E-state index is -0.546. The van der Waals surface area contributed by atoms with Gasteiger partial charge < -0.3 is 19.5 Å². The van der Waals surface area contributed by atoms with E-state index < -0.39 is 12.0 Å². The topological polar surface area (TPSA) is 87.5 Å². The fourth-order valence-electron chi connectivity index (χ4n) is 3.65. The van der Waals surface area contributed by atoms with Crippen LogP contribution in [0.15, 0.2) is 54.0 Å². The Balaban J connectivity index is 1.70. The van der Waals surface area contributed by atoms with Gasteiger partial charge >= 0.3 is 5.97 Å². The summed E-state index contributed by atoms with van der Waals surface area (Å²) in [5.74, 6) is 1.14. The molecule has 2 heterocycles. The number of hydrogen-bond donors (Lipinski definition) is 1. The number of nitrogens with zero attached hydrogens (tertiary/aromatic N) is 3. The van der Waals surface area contributed by atoms with Crippen molar-refractivity contribution in [1.82, 2.24) is 14.8 Å². The van der Waals surface area contributed by atoms with Crippen LogP contribution in [0.2, 0.25) is 10.0 Å². The highest BCUT2D eigenvalue weighted by atomic mass is 35.5. The summed E-state index contributed by atoms with van der Waals surface area (Å²) >= 11 is 12.2. The Morgan fingerprint density at radius 2 is 1.97 bits per heavy atom. The molecule has 0 aliphatic carbocycles. The van der Waals surface area contributed by atoms with E-state index in [4.69, 9.17) is 37.4 Å². The zero-order valence-electron chi connectivity index (χ0n) is 18.3. The quantitative estimate of drug-likeness (QED) is 0.466. The summed E-state index contributed by atoms with van der Waals surface area (Å²) in [5, 5.41) is 8.48. The van der Waals surface area contributed by atoms with E-state index in [1.54, 1.807) is 29.8 Å². The van der Waals surface area contributed by atoms with Crippen LogP contribution in [-0.2, 0) is 16.1 Å². The van der Waals surface area contributed by atoms with Crippen molar-refractivity contribution >= 4 is 35.1 Å². The molecule has 0 amide bonds. The van der Waals surface area contributed by atoms with Crippen molar-refractivity contribution in [3.8, 4) is 11.5 Å². The Hall–Kier alpha value is -3.23. The molecule has 0 saturated carbocycles. The zero-order valence-corrected chi connectivity index (χ0v) is 19.8. The molecule has 0 saturated heterocycles. The number of carbonyl (C=O) groups is 1.